The van der Waals surface area contributed by atoms with Gasteiger partial charge in [0.2, 0.25) is 0 Å². The van der Waals surface area contributed by atoms with Crippen LogP contribution < -0.4 is 4.74 Å². The Morgan fingerprint density at radius 1 is 1.04 bits per heavy atom. The third-order valence-corrected chi connectivity index (χ3v) is 4.73. The van der Waals surface area contributed by atoms with E-state index in [4.69, 9.17) is 32.8 Å². The number of imide groups is 1. The van der Waals surface area contributed by atoms with Crippen molar-refractivity contribution in [3.63, 3.8) is 0 Å². The lowest BCUT2D eigenvalue weighted by Crippen LogP contribution is -2.37. The van der Waals surface area contributed by atoms with E-state index in [1.54, 1.807) is 24.3 Å². The highest BCUT2D eigenvalue weighted by molar-refractivity contribution is 6.36. The van der Waals surface area contributed by atoms with E-state index in [2.05, 4.69) is 0 Å². The molecule has 1 atom stereocenters. The molecule has 26 heavy (non-hydrogen) atoms. The Morgan fingerprint density at radius 3 is 2.35 bits per heavy atom. The number of hydroxylamine groups is 2. The van der Waals surface area contributed by atoms with Crippen molar-refractivity contribution in [2.45, 2.75) is 0 Å². The van der Waals surface area contributed by atoms with Crippen LogP contribution in [0.5, 0.6) is 5.75 Å². The summed E-state index contributed by atoms with van der Waals surface area (Å²) in [6.07, 6.45) is 0. The molecule has 0 fully saturated rings. The lowest BCUT2D eigenvalue weighted by molar-refractivity contribution is -0.102. The lowest BCUT2D eigenvalue weighted by atomic mass is 9.96. The zero-order valence-electron chi connectivity index (χ0n) is 13.2. The second-order valence-electron chi connectivity index (χ2n) is 5.88. The van der Waals surface area contributed by atoms with Crippen molar-refractivity contribution in [2.24, 2.45) is 5.92 Å². The van der Waals surface area contributed by atoms with Gasteiger partial charge in [-0.2, -0.15) is 0 Å². The van der Waals surface area contributed by atoms with Crippen LogP contribution in [0.15, 0.2) is 36.4 Å². The predicted octanol–water partition coefficient (Wildman–Crippen LogP) is 3.41. The third kappa shape index (κ3) is 2.67. The maximum Gasteiger partial charge on any atom is 0.285 e. The van der Waals surface area contributed by atoms with Gasteiger partial charge in [0.15, 0.2) is 5.78 Å². The summed E-state index contributed by atoms with van der Waals surface area (Å²) in [6.45, 7) is -0.162. The molecule has 4 rings (SSSR count). The Balaban J connectivity index is 1.51. The normalized spacial score (nSPS) is 18.6. The van der Waals surface area contributed by atoms with Crippen molar-refractivity contribution in [3.8, 4) is 5.75 Å². The second kappa shape index (κ2) is 6.39. The number of ether oxygens (including phenoxy) is 1. The first kappa shape index (κ1) is 17.0. The molecule has 2 heterocycles. The van der Waals surface area contributed by atoms with Crippen LogP contribution in [0.25, 0.3) is 0 Å². The van der Waals surface area contributed by atoms with Crippen LogP contribution in [0.2, 0.25) is 10.0 Å². The van der Waals surface area contributed by atoms with Crippen molar-refractivity contribution in [1.29, 1.82) is 0 Å². The van der Waals surface area contributed by atoms with Gasteiger partial charge in [-0.3, -0.25) is 19.2 Å². The standard InChI is InChI=1S/C18H11Cl2NO5/c19-10-5-13-15(22)9(7-25-16(13)14(20)6-10)8-26-21-17(23)11-3-1-2-4-12(11)18(21)24/h1-6,9H,7-8H2. The minimum Gasteiger partial charge on any atom is -0.490 e. The number of carbonyl (C=O) groups is 3. The van der Waals surface area contributed by atoms with E-state index in [9.17, 15) is 14.4 Å². The highest BCUT2D eigenvalue weighted by atomic mass is 35.5. The van der Waals surface area contributed by atoms with Crippen molar-refractivity contribution in [1.82, 2.24) is 5.06 Å². The quantitative estimate of drug-likeness (QED) is 0.749. The van der Waals surface area contributed by atoms with Crippen LogP contribution >= 0.6 is 23.2 Å². The molecule has 2 aliphatic heterocycles. The van der Waals surface area contributed by atoms with Gasteiger partial charge in [0.25, 0.3) is 11.8 Å². The molecule has 0 N–H and O–H groups in total. The largest absolute Gasteiger partial charge is 0.490 e. The van der Waals surface area contributed by atoms with Crippen LogP contribution in [-0.2, 0) is 4.84 Å². The molecule has 0 bridgehead atoms. The van der Waals surface area contributed by atoms with Gasteiger partial charge in [-0.1, -0.05) is 35.3 Å². The zero-order chi connectivity index (χ0) is 18.4. The molecule has 2 amide bonds. The fraction of sp³-hybridized carbons (Fsp3) is 0.167. The molecule has 0 spiro atoms. The zero-order valence-corrected chi connectivity index (χ0v) is 14.7. The van der Waals surface area contributed by atoms with E-state index in [0.29, 0.717) is 10.1 Å². The highest BCUT2D eigenvalue weighted by Crippen LogP contribution is 2.37. The summed E-state index contributed by atoms with van der Waals surface area (Å²) < 4.78 is 5.54. The summed E-state index contributed by atoms with van der Waals surface area (Å²) in [7, 11) is 0. The van der Waals surface area contributed by atoms with Gasteiger partial charge < -0.3 is 4.74 Å². The molecule has 0 saturated heterocycles. The van der Waals surface area contributed by atoms with Gasteiger partial charge in [-0.05, 0) is 24.3 Å². The first-order valence-corrected chi connectivity index (χ1v) is 8.49. The van der Waals surface area contributed by atoms with E-state index in [1.807, 2.05) is 0 Å². The van der Waals surface area contributed by atoms with E-state index in [-0.39, 0.29) is 46.5 Å². The fourth-order valence-electron chi connectivity index (χ4n) is 2.94. The maximum absolute atomic E-state index is 12.6. The van der Waals surface area contributed by atoms with Crippen LogP contribution in [0.3, 0.4) is 0 Å². The highest BCUT2D eigenvalue weighted by Gasteiger charge is 2.38. The number of ketones is 1. The molecule has 2 aromatic carbocycles. The predicted molar refractivity (Wildman–Crippen MR) is 92.7 cm³/mol. The number of rotatable bonds is 3. The molecule has 0 aromatic heterocycles. The molecule has 6 nitrogen and oxygen atoms in total. The van der Waals surface area contributed by atoms with Gasteiger partial charge >= 0.3 is 0 Å². The van der Waals surface area contributed by atoms with Crippen LogP contribution in [-0.4, -0.2) is 35.9 Å². The van der Waals surface area contributed by atoms with Gasteiger partial charge in [0, 0.05) is 5.02 Å². The molecule has 132 valence electrons. The fourth-order valence-corrected chi connectivity index (χ4v) is 3.49. The Labute approximate surface area is 158 Å². The number of carbonyl (C=O) groups excluding carboxylic acids is 3. The lowest BCUT2D eigenvalue weighted by Gasteiger charge is -2.25. The second-order valence-corrected chi connectivity index (χ2v) is 6.73. The summed E-state index contributed by atoms with van der Waals surface area (Å²) in [5, 5.41) is 1.24. The minimum atomic E-state index is -0.693. The van der Waals surface area contributed by atoms with E-state index in [0.717, 1.165) is 0 Å². The van der Waals surface area contributed by atoms with Crippen LogP contribution in [0, 0.1) is 5.92 Å². The Kier molecular flexibility index (Phi) is 4.19. The number of hydrogen-bond acceptors (Lipinski definition) is 5. The Morgan fingerprint density at radius 2 is 1.69 bits per heavy atom. The topological polar surface area (TPSA) is 72.9 Å². The molecule has 2 aliphatic rings. The number of halogens is 2. The molecule has 0 aliphatic carbocycles. The number of benzene rings is 2. The average Bonchev–Trinajstić information content (AvgIpc) is 2.86. The summed E-state index contributed by atoms with van der Waals surface area (Å²) in [5.74, 6) is -1.80. The summed E-state index contributed by atoms with van der Waals surface area (Å²) in [6, 6.07) is 9.39. The average molecular weight is 392 g/mol. The molecular formula is C18H11Cl2NO5. The summed E-state index contributed by atoms with van der Waals surface area (Å²) in [4.78, 5) is 42.6. The van der Waals surface area contributed by atoms with Gasteiger partial charge in [0.05, 0.1) is 34.2 Å². The van der Waals surface area contributed by atoms with Crippen molar-refractivity contribution >= 4 is 40.8 Å². The number of amides is 2. The molecule has 1 unspecified atom stereocenters. The third-order valence-electron chi connectivity index (χ3n) is 4.24. The Bertz CT molecular complexity index is 924. The number of Topliss-reactive ketones (excluding diaryl/α,β-unsaturated/α-hetero) is 1. The van der Waals surface area contributed by atoms with Crippen molar-refractivity contribution in [3.05, 3.63) is 63.1 Å². The first-order chi connectivity index (χ1) is 12.5. The van der Waals surface area contributed by atoms with Gasteiger partial charge in [0.1, 0.15) is 12.4 Å². The summed E-state index contributed by atoms with van der Waals surface area (Å²) >= 11 is 12.0. The van der Waals surface area contributed by atoms with E-state index >= 15 is 0 Å². The van der Waals surface area contributed by atoms with Crippen molar-refractivity contribution in [2.75, 3.05) is 13.2 Å². The summed E-state index contributed by atoms with van der Waals surface area (Å²) in [5.41, 5.74) is 0.796. The monoisotopic (exact) mass is 391 g/mol. The van der Waals surface area contributed by atoms with E-state index in [1.165, 1.54) is 12.1 Å². The molecule has 2 aromatic rings. The Hall–Kier alpha value is -2.41. The van der Waals surface area contributed by atoms with Gasteiger partial charge in [-0.25, -0.2) is 0 Å². The number of hydrogen-bond donors (Lipinski definition) is 0. The minimum absolute atomic E-state index is 0.0242. The maximum atomic E-state index is 12.6. The van der Waals surface area contributed by atoms with Gasteiger partial charge in [-0.15, -0.1) is 5.06 Å². The van der Waals surface area contributed by atoms with E-state index < -0.39 is 17.7 Å². The van der Waals surface area contributed by atoms with Crippen molar-refractivity contribution < 1.29 is 24.0 Å². The molecule has 0 saturated carbocycles. The molecule has 0 radical (unpaired) electrons. The number of fused-ring (bicyclic) bond motifs is 2. The first-order valence-electron chi connectivity index (χ1n) is 7.74. The van der Waals surface area contributed by atoms with Crippen LogP contribution in [0.1, 0.15) is 31.1 Å². The molecular weight excluding hydrogens is 381 g/mol. The van der Waals surface area contributed by atoms with Crippen LogP contribution in [0.4, 0.5) is 0 Å². The SMILES string of the molecule is O=C1c2cc(Cl)cc(Cl)c2OCC1CON1C(=O)c2ccccc2C1=O. The molecule has 8 heteroatoms. The smallest absolute Gasteiger partial charge is 0.285 e. The number of nitrogens with zero attached hydrogens (tertiary/aromatic N) is 1.